The molecular formula is C18H27NO5S. The molecule has 0 heterocycles. The second kappa shape index (κ2) is 8.19. The second-order valence-corrected chi connectivity index (χ2v) is 9.04. The number of nitrogens with one attached hydrogen (secondary N) is 1. The van der Waals surface area contributed by atoms with E-state index in [1.54, 1.807) is 32.9 Å². The Bertz CT molecular complexity index is 670. The predicted molar refractivity (Wildman–Crippen MR) is 94.4 cm³/mol. The van der Waals surface area contributed by atoms with Gasteiger partial charge in [0.25, 0.3) is 0 Å². The minimum Gasteiger partial charge on any atom is -0.442 e. The lowest BCUT2D eigenvalue weighted by molar-refractivity contribution is 0.0298. The minimum atomic E-state index is -4.07. The van der Waals surface area contributed by atoms with Crippen LogP contribution in [0.1, 0.15) is 58.4 Å². The molecule has 1 fully saturated rings. The molecule has 6 nitrogen and oxygen atoms in total. The number of ether oxygens (including phenoxy) is 1. The first-order valence-corrected chi connectivity index (χ1v) is 10.1. The second-order valence-electron chi connectivity index (χ2n) is 7.49. The molecule has 1 N–H and O–H groups in total. The summed E-state index contributed by atoms with van der Waals surface area (Å²) in [5.41, 5.74) is 2.19. The molecule has 2 rings (SSSR count). The van der Waals surface area contributed by atoms with Gasteiger partial charge in [-0.25, -0.2) is 4.79 Å². The fourth-order valence-electron chi connectivity index (χ4n) is 2.95. The Labute approximate surface area is 150 Å². The Morgan fingerprint density at radius 1 is 1.12 bits per heavy atom. The average molecular weight is 369 g/mol. The van der Waals surface area contributed by atoms with Crippen LogP contribution in [0.3, 0.4) is 0 Å². The van der Waals surface area contributed by atoms with Gasteiger partial charge in [0, 0.05) is 0 Å². The zero-order chi connectivity index (χ0) is 18.5. The monoisotopic (exact) mass is 369 g/mol. The molecule has 0 aliphatic heterocycles. The van der Waals surface area contributed by atoms with Crippen LogP contribution in [0.15, 0.2) is 29.2 Å². The average Bonchev–Trinajstić information content (AvgIpc) is 2.53. The lowest BCUT2D eigenvalue weighted by atomic mass is 9.85. The number of rotatable bonds is 5. The summed E-state index contributed by atoms with van der Waals surface area (Å²) in [6.45, 7) is 5.02. The minimum absolute atomic E-state index is 0.00375. The normalized spacial score (nSPS) is 16.4. The molecule has 1 aromatic rings. The third-order valence-corrected chi connectivity index (χ3v) is 5.25. The summed E-state index contributed by atoms with van der Waals surface area (Å²) in [5, 5.41) is 0. The van der Waals surface area contributed by atoms with Gasteiger partial charge in [0.15, 0.2) is 0 Å². The van der Waals surface area contributed by atoms with Crippen molar-refractivity contribution in [2.75, 3.05) is 0 Å². The van der Waals surface area contributed by atoms with Crippen LogP contribution in [-0.2, 0) is 25.6 Å². The van der Waals surface area contributed by atoms with E-state index in [0.29, 0.717) is 5.92 Å². The summed E-state index contributed by atoms with van der Waals surface area (Å²) >= 11 is 0. The summed E-state index contributed by atoms with van der Waals surface area (Å²) in [6, 6.07) is 6.62. The number of benzene rings is 1. The van der Waals surface area contributed by atoms with Gasteiger partial charge in [0.1, 0.15) is 5.60 Å². The van der Waals surface area contributed by atoms with E-state index in [-0.39, 0.29) is 4.90 Å². The quantitative estimate of drug-likeness (QED) is 0.795. The molecule has 1 amide bonds. The molecule has 0 atom stereocenters. The van der Waals surface area contributed by atoms with Crippen molar-refractivity contribution in [3.8, 4) is 0 Å². The highest BCUT2D eigenvalue weighted by molar-refractivity contribution is 7.86. The lowest BCUT2D eigenvalue weighted by Crippen LogP contribution is -2.34. The van der Waals surface area contributed by atoms with Gasteiger partial charge in [-0.15, -0.1) is 4.28 Å². The third kappa shape index (κ3) is 6.66. The molecule has 25 heavy (non-hydrogen) atoms. The van der Waals surface area contributed by atoms with E-state index in [1.165, 1.54) is 44.2 Å². The maximum atomic E-state index is 12.1. The van der Waals surface area contributed by atoms with Gasteiger partial charge in [0.05, 0.1) is 4.90 Å². The van der Waals surface area contributed by atoms with Crippen molar-refractivity contribution in [1.82, 2.24) is 5.48 Å². The number of hydrogen-bond donors (Lipinski definition) is 1. The summed E-state index contributed by atoms with van der Waals surface area (Å²) in [4.78, 5) is 11.5. The molecule has 0 spiro atoms. The number of hydrogen-bond acceptors (Lipinski definition) is 5. The molecule has 7 heteroatoms. The molecule has 0 radical (unpaired) electrons. The van der Waals surface area contributed by atoms with Gasteiger partial charge in [-0.05, 0) is 50.8 Å². The van der Waals surface area contributed by atoms with Crippen LogP contribution >= 0.6 is 0 Å². The standard InChI is InChI=1S/C18H27NO5S/c1-18(2,3)23-17(20)19-24-25(21,22)16-11-9-15(10-12-16)13-14-7-5-4-6-8-14/h9-12,14H,4-8,13H2,1-3H3,(H,19,20). The summed E-state index contributed by atoms with van der Waals surface area (Å²) in [7, 11) is -4.07. The Kier molecular flexibility index (Phi) is 6.46. The molecule has 1 aliphatic rings. The van der Waals surface area contributed by atoms with Gasteiger partial charge in [-0.1, -0.05) is 44.2 Å². The molecule has 0 bridgehead atoms. The van der Waals surface area contributed by atoms with E-state index in [1.807, 2.05) is 5.48 Å². The molecule has 140 valence electrons. The van der Waals surface area contributed by atoms with Crippen molar-refractivity contribution in [3.05, 3.63) is 29.8 Å². The van der Waals surface area contributed by atoms with Crippen LogP contribution in [0.25, 0.3) is 0 Å². The summed E-state index contributed by atoms with van der Waals surface area (Å²) < 4.78 is 33.7. The molecule has 1 aliphatic carbocycles. The Hall–Kier alpha value is -1.60. The van der Waals surface area contributed by atoms with Crippen molar-refractivity contribution in [2.24, 2.45) is 5.92 Å². The van der Waals surface area contributed by atoms with Gasteiger partial charge in [0.2, 0.25) is 0 Å². The first-order chi connectivity index (χ1) is 11.7. The molecule has 1 saturated carbocycles. The zero-order valence-corrected chi connectivity index (χ0v) is 15.9. The van der Waals surface area contributed by atoms with E-state index < -0.39 is 21.8 Å². The van der Waals surface area contributed by atoms with Crippen LogP contribution < -0.4 is 5.48 Å². The molecule has 0 aromatic heterocycles. The molecule has 0 unspecified atom stereocenters. The predicted octanol–water partition coefficient (Wildman–Crippen LogP) is 3.95. The van der Waals surface area contributed by atoms with Crippen molar-refractivity contribution in [2.45, 2.75) is 69.8 Å². The largest absolute Gasteiger partial charge is 0.442 e. The molecular weight excluding hydrogens is 342 g/mol. The summed E-state index contributed by atoms with van der Waals surface area (Å²) in [5.74, 6) is 0.682. The van der Waals surface area contributed by atoms with E-state index in [0.717, 1.165) is 12.0 Å². The SMILES string of the molecule is CC(C)(C)OC(=O)NOS(=O)(=O)c1ccc(CC2CCCCC2)cc1. The maximum absolute atomic E-state index is 12.1. The molecule has 1 aromatic carbocycles. The van der Waals surface area contributed by atoms with Gasteiger partial charge in [-0.3, -0.25) is 0 Å². The number of hydroxylamine groups is 1. The van der Waals surface area contributed by atoms with Crippen molar-refractivity contribution in [1.29, 1.82) is 0 Å². The third-order valence-electron chi connectivity index (χ3n) is 4.09. The van der Waals surface area contributed by atoms with Crippen molar-refractivity contribution in [3.63, 3.8) is 0 Å². The number of carbonyl (C=O) groups excluding carboxylic acids is 1. The number of carbonyl (C=O) groups is 1. The smallest absolute Gasteiger partial charge is 0.432 e. The van der Waals surface area contributed by atoms with Crippen LogP contribution in [0.5, 0.6) is 0 Å². The van der Waals surface area contributed by atoms with Crippen LogP contribution in [-0.4, -0.2) is 20.1 Å². The van der Waals surface area contributed by atoms with Crippen molar-refractivity contribution >= 4 is 16.2 Å². The first-order valence-electron chi connectivity index (χ1n) is 8.67. The Balaban J connectivity index is 1.91. The van der Waals surface area contributed by atoms with Gasteiger partial charge in [-0.2, -0.15) is 13.9 Å². The van der Waals surface area contributed by atoms with E-state index in [4.69, 9.17) is 4.74 Å². The van der Waals surface area contributed by atoms with Crippen LogP contribution in [0.4, 0.5) is 4.79 Å². The highest BCUT2D eigenvalue weighted by Crippen LogP contribution is 2.27. The number of amides is 1. The highest BCUT2D eigenvalue weighted by Gasteiger charge is 2.21. The fraction of sp³-hybridized carbons (Fsp3) is 0.611. The van der Waals surface area contributed by atoms with Gasteiger partial charge >= 0.3 is 16.2 Å². The van der Waals surface area contributed by atoms with Crippen LogP contribution in [0.2, 0.25) is 0 Å². The van der Waals surface area contributed by atoms with E-state index in [9.17, 15) is 13.2 Å². The first kappa shape index (κ1) is 19.7. The zero-order valence-electron chi connectivity index (χ0n) is 15.1. The van der Waals surface area contributed by atoms with Gasteiger partial charge < -0.3 is 4.74 Å². The fourth-order valence-corrected chi connectivity index (χ4v) is 3.70. The topological polar surface area (TPSA) is 81.7 Å². The van der Waals surface area contributed by atoms with E-state index >= 15 is 0 Å². The summed E-state index contributed by atoms with van der Waals surface area (Å²) in [6.07, 6.45) is 6.37. The maximum Gasteiger partial charge on any atom is 0.432 e. The highest BCUT2D eigenvalue weighted by atomic mass is 32.2. The molecule has 0 saturated heterocycles. The van der Waals surface area contributed by atoms with E-state index in [2.05, 4.69) is 4.28 Å². The Morgan fingerprint density at radius 2 is 1.72 bits per heavy atom. The Morgan fingerprint density at radius 3 is 2.28 bits per heavy atom. The van der Waals surface area contributed by atoms with Crippen LogP contribution in [0, 0.1) is 5.92 Å². The van der Waals surface area contributed by atoms with Crippen molar-refractivity contribution < 1.29 is 22.2 Å². The lowest BCUT2D eigenvalue weighted by Gasteiger charge is -2.21.